The number of amides is 2. The number of carbonyl (C=O) groups is 2. The summed E-state index contributed by atoms with van der Waals surface area (Å²) in [4.78, 5) is 26.6. The summed E-state index contributed by atoms with van der Waals surface area (Å²) in [7, 11) is 0. The lowest BCUT2D eigenvalue weighted by Gasteiger charge is -2.13. The molecule has 4 rings (SSSR count). The van der Waals surface area contributed by atoms with Crippen molar-refractivity contribution in [1.82, 2.24) is 0 Å². The van der Waals surface area contributed by atoms with Gasteiger partial charge in [0.15, 0.2) is 0 Å². The summed E-state index contributed by atoms with van der Waals surface area (Å²) in [6, 6.07) is 20.2. The molecule has 1 aliphatic rings. The number of benzene rings is 3. The van der Waals surface area contributed by atoms with E-state index in [1.807, 2.05) is 55.5 Å². The molecule has 1 saturated heterocycles. The van der Waals surface area contributed by atoms with Gasteiger partial charge in [0.1, 0.15) is 12.4 Å². The maximum absolute atomic E-state index is 12.8. The van der Waals surface area contributed by atoms with Crippen LogP contribution in [0.4, 0.5) is 10.5 Å². The standard InChI is InChI=1S/C24H17Cl2NO3S/c1-15-2-4-17(5-3-15)14-30-19-9-6-16(7-10-19)12-22-23(28)27(24(29)31-22)18-8-11-20(25)21(26)13-18/h2-13H,14H2,1H3/b22-12-. The highest BCUT2D eigenvalue weighted by molar-refractivity contribution is 8.19. The Bertz CT molecular complexity index is 1170. The Morgan fingerprint density at radius 3 is 2.32 bits per heavy atom. The number of anilines is 1. The Labute approximate surface area is 194 Å². The molecule has 0 bridgehead atoms. The molecule has 0 atom stereocenters. The molecule has 0 spiro atoms. The van der Waals surface area contributed by atoms with Gasteiger partial charge in [0.2, 0.25) is 0 Å². The number of carbonyl (C=O) groups excluding carboxylic acids is 2. The summed E-state index contributed by atoms with van der Waals surface area (Å²) >= 11 is 12.8. The number of hydrogen-bond acceptors (Lipinski definition) is 4. The molecule has 1 aliphatic heterocycles. The molecule has 7 heteroatoms. The molecule has 1 heterocycles. The summed E-state index contributed by atoms with van der Waals surface area (Å²) in [5, 5.41) is 0.258. The summed E-state index contributed by atoms with van der Waals surface area (Å²) in [5.41, 5.74) is 3.48. The average Bonchev–Trinajstić information content (AvgIpc) is 3.03. The van der Waals surface area contributed by atoms with Gasteiger partial charge in [0.25, 0.3) is 11.1 Å². The van der Waals surface area contributed by atoms with Crippen LogP contribution in [0.3, 0.4) is 0 Å². The van der Waals surface area contributed by atoms with Crippen molar-refractivity contribution in [2.75, 3.05) is 4.90 Å². The van der Waals surface area contributed by atoms with Crippen molar-refractivity contribution < 1.29 is 14.3 Å². The molecular formula is C24H17Cl2NO3S. The van der Waals surface area contributed by atoms with Gasteiger partial charge in [-0.05, 0) is 66.2 Å². The van der Waals surface area contributed by atoms with Crippen LogP contribution in [-0.2, 0) is 11.4 Å². The average molecular weight is 470 g/mol. The molecule has 2 amide bonds. The largest absolute Gasteiger partial charge is 0.489 e. The van der Waals surface area contributed by atoms with Crippen LogP contribution in [-0.4, -0.2) is 11.1 Å². The Hall–Kier alpha value is -2.73. The van der Waals surface area contributed by atoms with Crippen molar-refractivity contribution >= 4 is 57.9 Å². The van der Waals surface area contributed by atoms with Crippen molar-refractivity contribution in [3.8, 4) is 5.75 Å². The topological polar surface area (TPSA) is 46.6 Å². The Morgan fingerprint density at radius 1 is 0.935 bits per heavy atom. The number of halogens is 2. The van der Waals surface area contributed by atoms with Crippen molar-refractivity contribution in [1.29, 1.82) is 0 Å². The Balaban J connectivity index is 1.45. The minimum Gasteiger partial charge on any atom is -0.489 e. The summed E-state index contributed by atoms with van der Waals surface area (Å²) in [6.07, 6.45) is 1.69. The van der Waals surface area contributed by atoms with Crippen LogP contribution in [0.25, 0.3) is 6.08 Å². The van der Waals surface area contributed by atoms with E-state index in [2.05, 4.69) is 0 Å². The maximum atomic E-state index is 12.8. The fourth-order valence-electron chi connectivity index (χ4n) is 2.98. The first-order valence-corrected chi connectivity index (χ1v) is 11.0. The highest BCUT2D eigenvalue weighted by Gasteiger charge is 2.36. The summed E-state index contributed by atoms with van der Waals surface area (Å²) in [6.45, 7) is 2.52. The molecule has 1 fully saturated rings. The predicted octanol–water partition coefficient (Wildman–Crippen LogP) is 7.12. The molecule has 0 N–H and O–H groups in total. The second-order valence-corrected chi connectivity index (χ2v) is 8.77. The van der Waals surface area contributed by atoms with Gasteiger partial charge < -0.3 is 4.74 Å². The van der Waals surface area contributed by atoms with E-state index in [1.54, 1.807) is 18.2 Å². The van der Waals surface area contributed by atoms with E-state index >= 15 is 0 Å². The number of aryl methyl sites for hydroxylation is 1. The van der Waals surface area contributed by atoms with Gasteiger partial charge >= 0.3 is 0 Å². The zero-order valence-electron chi connectivity index (χ0n) is 16.5. The molecule has 3 aromatic rings. The molecule has 0 aromatic heterocycles. The normalized spacial score (nSPS) is 15.1. The zero-order valence-corrected chi connectivity index (χ0v) is 18.8. The SMILES string of the molecule is Cc1ccc(COc2ccc(/C=C3\SC(=O)N(c4ccc(Cl)c(Cl)c4)C3=O)cc2)cc1. The van der Waals surface area contributed by atoms with Crippen LogP contribution in [0, 0.1) is 6.92 Å². The third kappa shape index (κ3) is 4.96. The minimum atomic E-state index is -0.395. The molecule has 0 aliphatic carbocycles. The third-order valence-electron chi connectivity index (χ3n) is 4.66. The zero-order chi connectivity index (χ0) is 22.0. The van der Waals surface area contributed by atoms with E-state index in [-0.39, 0.29) is 10.3 Å². The predicted molar refractivity (Wildman–Crippen MR) is 127 cm³/mol. The molecule has 31 heavy (non-hydrogen) atoms. The van der Waals surface area contributed by atoms with Gasteiger partial charge in [-0.2, -0.15) is 0 Å². The molecule has 0 saturated carbocycles. The highest BCUT2D eigenvalue weighted by atomic mass is 35.5. The Kier molecular flexibility index (Phi) is 6.37. The number of ether oxygens (including phenoxy) is 1. The van der Waals surface area contributed by atoms with E-state index in [0.717, 1.165) is 33.5 Å². The van der Waals surface area contributed by atoms with Gasteiger partial charge in [-0.3, -0.25) is 9.59 Å². The number of nitrogens with zero attached hydrogens (tertiary/aromatic N) is 1. The van der Waals surface area contributed by atoms with Crippen molar-refractivity contribution in [2.24, 2.45) is 0 Å². The first-order chi connectivity index (χ1) is 14.9. The lowest BCUT2D eigenvalue weighted by atomic mass is 10.1. The number of thioether (sulfide) groups is 1. The molecule has 4 nitrogen and oxygen atoms in total. The van der Waals surface area contributed by atoms with Crippen LogP contribution in [0.15, 0.2) is 71.6 Å². The fourth-order valence-corrected chi connectivity index (χ4v) is 4.11. The first kappa shape index (κ1) is 21.5. The van der Waals surface area contributed by atoms with Crippen molar-refractivity contribution in [3.63, 3.8) is 0 Å². The minimum absolute atomic E-state index is 0.281. The lowest BCUT2D eigenvalue weighted by Crippen LogP contribution is -2.27. The fraction of sp³-hybridized carbons (Fsp3) is 0.0833. The Morgan fingerprint density at radius 2 is 1.65 bits per heavy atom. The molecule has 156 valence electrons. The monoisotopic (exact) mass is 469 g/mol. The quantitative estimate of drug-likeness (QED) is 0.373. The molecular weight excluding hydrogens is 453 g/mol. The van der Waals surface area contributed by atoms with Gasteiger partial charge in [-0.25, -0.2) is 4.90 Å². The van der Waals surface area contributed by atoms with E-state index in [9.17, 15) is 9.59 Å². The molecule has 0 radical (unpaired) electrons. The molecule has 3 aromatic carbocycles. The second kappa shape index (κ2) is 9.18. The van der Waals surface area contributed by atoms with Crippen LogP contribution >= 0.6 is 35.0 Å². The van der Waals surface area contributed by atoms with Gasteiger partial charge in [0.05, 0.1) is 20.6 Å². The summed E-state index contributed by atoms with van der Waals surface area (Å²) < 4.78 is 5.81. The first-order valence-electron chi connectivity index (χ1n) is 9.42. The third-order valence-corrected chi connectivity index (χ3v) is 6.27. The van der Waals surface area contributed by atoms with Gasteiger partial charge in [-0.1, -0.05) is 65.2 Å². The van der Waals surface area contributed by atoms with E-state index in [4.69, 9.17) is 27.9 Å². The van der Waals surface area contributed by atoms with E-state index in [1.165, 1.54) is 11.6 Å². The van der Waals surface area contributed by atoms with Crippen molar-refractivity contribution in [3.05, 3.63) is 98.4 Å². The number of hydrogen-bond donors (Lipinski definition) is 0. The highest BCUT2D eigenvalue weighted by Crippen LogP contribution is 2.37. The van der Waals surface area contributed by atoms with E-state index in [0.29, 0.717) is 22.2 Å². The van der Waals surface area contributed by atoms with Crippen molar-refractivity contribution in [2.45, 2.75) is 13.5 Å². The smallest absolute Gasteiger partial charge is 0.298 e. The molecule has 0 unspecified atom stereocenters. The van der Waals surface area contributed by atoms with Gasteiger partial charge in [-0.15, -0.1) is 0 Å². The van der Waals surface area contributed by atoms with E-state index < -0.39 is 5.91 Å². The second-order valence-electron chi connectivity index (χ2n) is 6.96. The van der Waals surface area contributed by atoms with Crippen LogP contribution in [0.1, 0.15) is 16.7 Å². The maximum Gasteiger partial charge on any atom is 0.298 e. The van der Waals surface area contributed by atoms with Crippen LogP contribution in [0.5, 0.6) is 5.75 Å². The van der Waals surface area contributed by atoms with Crippen LogP contribution in [0.2, 0.25) is 10.0 Å². The lowest BCUT2D eigenvalue weighted by molar-refractivity contribution is -0.113. The number of imide groups is 1. The van der Waals surface area contributed by atoms with Crippen LogP contribution < -0.4 is 9.64 Å². The summed E-state index contributed by atoms with van der Waals surface area (Å²) in [5.74, 6) is 0.328. The van der Waals surface area contributed by atoms with Gasteiger partial charge in [0, 0.05) is 0 Å². The number of rotatable bonds is 5.